The van der Waals surface area contributed by atoms with E-state index < -0.39 is 17.4 Å². The molecule has 0 aliphatic carbocycles. The molecule has 0 saturated heterocycles. The second-order valence-corrected chi connectivity index (χ2v) is 4.98. The van der Waals surface area contributed by atoms with Crippen molar-refractivity contribution in [3.05, 3.63) is 65.5 Å². The third kappa shape index (κ3) is 3.93. The van der Waals surface area contributed by atoms with Crippen LogP contribution in [0.5, 0.6) is 11.6 Å². The summed E-state index contributed by atoms with van der Waals surface area (Å²) in [5, 5.41) is 9.13. The summed E-state index contributed by atoms with van der Waals surface area (Å²) in [6, 6.07) is 7.48. The zero-order chi connectivity index (χ0) is 17.7. The number of hydrogen-bond acceptors (Lipinski definition) is 5. The fourth-order valence-corrected chi connectivity index (χ4v) is 1.85. The first kappa shape index (κ1) is 17.1. The molecule has 0 bridgehead atoms. The van der Waals surface area contributed by atoms with Crippen molar-refractivity contribution in [1.29, 1.82) is 5.26 Å². The maximum absolute atomic E-state index is 13.7. The van der Waals surface area contributed by atoms with Gasteiger partial charge in [-0.15, -0.1) is 0 Å². The number of carbonyl (C=O) groups is 1. The summed E-state index contributed by atoms with van der Waals surface area (Å²) >= 11 is 0. The van der Waals surface area contributed by atoms with Gasteiger partial charge in [-0.2, -0.15) is 5.26 Å². The molecule has 0 atom stereocenters. The number of nitrogens with zero attached hydrogens (tertiary/aromatic N) is 3. The average Bonchev–Trinajstić information content (AvgIpc) is 2.55. The minimum atomic E-state index is -0.927. The van der Waals surface area contributed by atoms with Crippen molar-refractivity contribution in [2.75, 3.05) is 14.1 Å². The number of aromatic nitrogens is 1. The first-order valence-corrected chi connectivity index (χ1v) is 6.83. The van der Waals surface area contributed by atoms with Gasteiger partial charge < -0.3 is 9.64 Å². The monoisotopic (exact) mass is 329 g/mol. The van der Waals surface area contributed by atoms with Gasteiger partial charge in [0.1, 0.15) is 17.5 Å². The van der Waals surface area contributed by atoms with Crippen LogP contribution in [0.3, 0.4) is 0 Å². The van der Waals surface area contributed by atoms with Crippen LogP contribution in [0, 0.1) is 23.0 Å². The highest BCUT2D eigenvalue weighted by Gasteiger charge is 2.19. The highest BCUT2D eigenvalue weighted by molar-refractivity contribution is 6.12. The van der Waals surface area contributed by atoms with Crippen LogP contribution in [0.25, 0.3) is 0 Å². The molecule has 5 nitrogen and oxygen atoms in total. The van der Waals surface area contributed by atoms with Crippen LogP contribution in [0.2, 0.25) is 0 Å². The second-order valence-electron chi connectivity index (χ2n) is 4.98. The van der Waals surface area contributed by atoms with Gasteiger partial charge in [0.2, 0.25) is 11.7 Å². The highest BCUT2D eigenvalue weighted by Crippen LogP contribution is 2.27. The molecule has 7 heteroatoms. The van der Waals surface area contributed by atoms with Crippen molar-refractivity contribution in [3.8, 4) is 17.7 Å². The van der Waals surface area contributed by atoms with Crippen molar-refractivity contribution in [2.45, 2.75) is 0 Å². The van der Waals surface area contributed by atoms with E-state index in [9.17, 15) is 13.6 Å². The van der Waals surface area contributed by atoms with Crippen molar-refractivity contribution < 1.29 is 18.3 Å². The van der Waals surface area contributed by atoms with Crippen LogP contribution in [-0.4, -0.2) is 29.8 Å². The van der Waals surface area contributed by atoms with Gasteiger partial charge in [0.05, 0.1) is 5.56 Å². The number of Topliss-reactive ketones (excluding diaryl/α,β-unsaturated/α-hetero) is 1. The van der Waals surface area contributed by atoms with Gasteiger partial charge in [-0.1, -0.05) is 0 Å². The van der Waals surface area contributed by atoms with E-state index in [4.69, 9.17) is 10.00 Å². The van der Waals surface area contributed by atoms with E-state index in [2.05, 4.69) is 4.98 Å². The first-order chi connectivity index (χ1) is 11.4. The van der Waals surface area contributed by atoms with Gasteiger partial charge in [0.15, 0.2) is 11.6 Å². The first-order valence-electron chi connectivity index (χ1n) is 6.83. The predicted molar refractivity (Wildman–Crippen MR) is 82.4 cm³/mol. The number of halogens is 2. The number of rotatable bonds is 5. The molecule has 2 rings (SSSR count). The minimum Gasteiger partial charge on any atom is -0.435 e. The predicted octanol–water partition coefficient (Wildman–Crippen LogP) is 3.30. The van der Waals surface area contributed by atoms with Gasteiger partial charge in [-0.05, 0) is 24.3 Å². The molecule has 0 amide bonds. The van der Waals surface area contributed by atoms with Crippen LogP contribution in [0.4, 0.5) is 8.78 Å². The number of benzene rings is 1. The molecule has 2 aromatic rings. The molecule has 0 fully saturated rings. The number of ether oxygens (including phenoxy) is 1. The lowest BCUT2D eigenvalue weighted by Gasteiger charge is -2.10. The van der Waals surface area contributed by atoms with Crippen molar-refractivity contribution in [2.24, 2.45) is 0 Å². The summed E-state index contributed by atoms with van der Waals surface area (Å²) in [5.74, 6) is -2.75. The van der Waals surface area contributed by atoms with Gasteiger partial charge in [-0.3, -0.25) is 4.79 Å². The maximum atomic E-state index is 13.7. The Bertz CT molecular complexity index is 842. The van der Waals surface area contributed by atoms with E-state index in [1.165, 1.54) is 24.5 Å². The Morgan fingerprint density at radius 1 is 1.33 bits per heavy atom. The van der Waals surface area contributed by atoms with E-state index >= 15 is 0 Å². The van der Waals surface area contributed by atoms with Gasteiger partial charge in [0, 0.05) is 32.6 Å². The lowest BCUT2D eigenvalue weighted by Crippen LogP contribution is -2.10. The van der Waals surface area contributed by atoms with E-state index in [1.54, 1.807) is 25.1 Å². The average molecular weight is 329 g/mol. The largest absolute Gasteiger partial charge is 0.435 e. The van der Waals surface area contributed by atoms with Crippen LogP contribution in [0.1, 0.15) is 10.4 Å². The Hall–Kier alpha value is -3.27. The Kier molecular flexibility index (Phi) is 5.22. The number of carbonyl (C=O) groups excluding carboxylic acids is 1. The zero-order valence-corrected chi connectivity index (χ0v) is 13.0. The Morgan fingerprint density at radius 2 is 2.08 bits per heavy atom. The van der Waals surface area contributed by atoms with Gasteiger partial charge in [-0.25, -0.2) is 13.8 Å². The summed E-state index contributed by atoms with van der Waals surface area (Å²) in [5.41, 5.74) is -0.131. The fraction of sp³-hybridized carbons (Fsp3) is 0.118. The molecule has 0 spiro atoms. The molecule has 0 aliphatic rings. The summed E-state index contributed by atoms with van der Waals surface area (Å²) in [7, 11) is 3.33. The van der Waals surface area contributed by atoms with Crippen LogP contribution in [0.15, 0.2) is 48.3 Å². The molecule has 0 saturated carbocycles. The molecular formula is C17H13F2N3O2. The fourth-order valence-electron chi connectivity index (χ4n) is 1.85. The lowest BCUT2D eigenvalue weighted by atomic mass is 10.1. The van der Waals surface area contributed by atoms with Crippen LogP contribution >= 0.6 is 0 Å². The molecule has 0 radical (unpaired) electrons. The zero-order valence-electron chi connectivity index (χ0n) is 13.0. The minimum absolute atomic E-state index is 0.00382. The molecule has 0 N–H and O–H groups in total. The Balaban J connectivity index is 2.41. The van der Waals surface area contributed by atoms with E-state index in [1.807, 2.05) is 0 Å². The van der Waals surface area contributed by atoms with Crippen LogP contribution in [-0.2, 0) is 0 Å². The number of ketones is 1. The molecule has 122 valence electrons. The highest BCUT2D eigenvalue weighted by atomic mass is 19.1. The van der Waals surface area contributed by atoms with Crippen LogP contribution < -0.4 is 4.74 Å². The molecule has 24 heavy (non-hydrogen) atoms. The standard InChI is InChI=1S/C17H13F2N3O2/c1-22(2)10-11(9-20)16(23)13-4-3-7-21-17(13)24-15-6-5-12(18)8-14(15)19/h3-8,10H,1-2H3. The lowest BCUT2D eigenvalue weighted by molar-refractivity contribution is 0.103. The van der Waals surface area contributed by atoms with E-state index in [0.29, 0.717) is 6.07 Å². The third-order valence-corrected chi connectivity index (χ3v) is 2.87. The number of allylic oxidation sites excluding steroid dienone is 1. The molecule has 0 unspecified atom stereocenters. The maximum Gasteiger partial charge on any atom is 0.230 e. The van der Waals surface area contributed by atoms with Crippen molar-refractivity contribution in [3.63, 3.8) is 0 Å². The summed E-state index contributed by atoms with van der Waals surface area (Å²) in [4.78, 5) is 17.9. The quantitative estimate of drug-likeness (QED) is 0.478. The Labute approximate surface area is 137 Å². The second kappa shape index (κ2) is 7.33. The summed E-state index contributed by atoms with van der Waals surface area (Å²) < 4.78 is 32.0. The summed E-state index contributed by atoms with van der Waals surface area (Å²) in [6.07, 6.45) is 2.72. The molecule has 1 aromatic heterocycles. The topological polar surface area (TPSA) is 66.2 Å². The normalized spacial score (nSPS) is 10.9. The van der Waals surface area contributed by atoms with Gasteiger partial charge >= 0.3 is 0 Å². The SMILES string of the molecule is CN(C)C=C(C#N)C(=O)c1cccnc1Oc1ccc(F)cc1F. The third-order valence-electron chi connectivity index (χ3n) is 2.87. The van der Waals surface area contributed by atoms with Crippen molar-refractivity contribution in [1.82, 2.24) is 9.88 Å². The van der Waals surface area contributed by atoms with E-state index in [-0.39, 0.29) is 22.8 Å². The summed E-state index contributed by atoms with van der Waals surface area (Å²) in [6.45, 7) is 0. The molecular weight excluding hydrogens is 316 g/mol. The van der Waals surface area contributed by atoms with E-state index in [0.717, 1.165) is 12.1 Å². The van der Waals surface area contributed by atoms with Gasteiger partial charge in [0.25, 0.3) is 0 Å². The Morgan fingerprint density at radius 3 is 2.71 bits per heavy atom. The number of hydrogen-bond donors (Lipinski definition) is 0. The molecule has 0 aliphatic heterocycles. The molecule has 1 aromatic carbocycles. The number of nitriles is 1. The van der Waals surface area contributed by atoms with Crippen molar-refractivity contribution >= 4 is 5.78 Å². The molecule has 1 heterocycles. The number of pyridine rings is 1. The smallest absolute Gasteiger partial charge is 0.230 e.